The molecule has 2 atom stereocenters. The molecule has 2 aliphatic carbocycles. The van der Waals surface area contributed by atoms with E-state index < -0.39 is 0 Å². The van der Waals surface area contributed by atoms with Crippen LogP contribution in [0.1, 0.15) is 305 Å². The van der Waals surface area contributed by atoms with Gasteiger partial charge in [-0.1, -0.05) is 177 Å². The summed E-state index contributed by atoms with van der Waals surface area (Å²) >= 11 is 0. The van der Waals surface area contributed by atoms with Crippen molar-refractivity contribution in [2.24, 2.45) is 35.5 Å². The molecule has 0 aromatic heterocycles. The molecule has 0 bridgehead atoms. The molecule has 0 aromatic rings. The van der Waals surface area contributed by atoms with Gasteiger partial charge in [0, 0.05) is 94.5 Å². The van der Waals surface area contributed by atoms with Gasteiger partial charge in [0.2, 0.25) is 0 Å². The fraction of sp³-hybridized carbons (Fsp3) is 1.00. The number of likely N-dealkylation sites (tertiary alicyclic amines) is 4. The van der Waals surface area contributed by atoms with Crippen LogP contribution < -0.4 is 5.32 Å². The fourth-order valence-corrected chi connectivity index (χ4v) is 10.8. The van der Waals surface area contributed by atoms with Gasteiger partial charge in [-0.3, -0.25) is 9.80 Å². The van der Waals surface area contributed by atoms with Crippen LogP contribution in [0.15, 0.2) is 0 Å². The van der Waals surface area contributed by atoms with Gasteiger partial charge in [0.05, 0.1) is 26.4 Å². The first-order valence-electron chi connectivity index (χ1n) is 37.7. The molecule has 7 saturated heterocycles. The molecule has 2 saturated carbocycles. The van der Waals surface area contributed by atoms with Gasteiger partial charge in [0.1, 0.15) is 0 Å². The summed E-state index contributed by atoms with van der Waals surface area (Å²) in [7, 11) is 0. The molecule has 0 amide bonds. The van der Waals surface area contributed by atoms with Crippen LogP contribution in [0.3, 0.4) is 0 Å². The maximum atomic E-state index is 5.21. The van der Waals surface area contributed by atoms with Gasteiger partial charge >= 0.3 is 0 Å². The Labute approximate surface area is 536 Å². The minimum absolute atomic E-state index is 0.689. The van der Waals surface area contributed by atoms with Crippen LogP contribution in [0, 0.1) is 35.5 Å². The number of fused-ring (bicyclic) bond motifs is 1. The van der Waals surface area contributed by atoms with E-state index in [9.17, 15) is 0 Å². The molecule has 9 rings (SSSR count). The van der Waals surface area contributed by atoms with Gasteiger partial charge in [-0.25, -0.2) is 0 Å². The Kier molecular flexibility index (Phi) is 83.0. The van der Waals surface area contributed by atoms with Crippen molar-refractivity contribution < 1.29 is 9.47 Å². The van der Waals surface area contributed by atoms with Crippen molar-refractivity contribution in [3.05, 3.63) is 0 Å². The first-order valence-corrected chi connectivity index (χ1v) is 37.7. The van der Waals surface area contributed by atoms with Crippen LogP contribution in [0.25, 0.3) is 0 Å². The lowest BCUT2D eigenvalue weighted by Gasteiger charge is -2.34. The second kappa shape index (κ2) is 71.7. The summed E-state index contributed by atoms with van der Waals surface area (Å²) in [6.45, 7) is 90.0. The fourth-order valence-electron chi connectivity index (χ4n) is 10.8. The molecule has 0 aromatic carbocycles. The van der Waals surface area contributed by atoms with E-state index >= 15 is 0 Å². The molecular weight excluding hydrogens is 1030 g/mol. The summed E-state index contributed by atoms with van der Waals surface area (Å²) < 4.78 is 10.2. The zero-order valence-electron chi connectivity index (χ0n) is 64.8. The number of hydrogen-bond acceptors (Lipinski definition) is 9. The maximum Gasteiger partial charge on any atom is 0.0594 e. The lowest BCUT2D eigenvalue weighted by Crippen LogP contribution is -2.46. The monoisotopic (exact) mass is 1200 g/mol. The molecule has 7 heterocycles. The molecule has 9 nitrogen and oxygen atoms in total. The van der Waals surface area contributed by atoms with Crippen molar-refractivity contribution in [1.29, 1.82) is 0 Å². The second-order valence-corrected chi connectivity index (χ2v) is 24.5. The van der Waals surface area contributed by atoms with Gasteiger partial charge in [-0.2, -0.15) is 0 Å². The highest BCUT2D eigenvalue weighted by Crippen LogP contribution is 2.38. The number of nitrogens with zero attached hydrogens (tertiary/aromatic N) is 6. The van der Waals surface area contributed by atoms with E-state index in [-0.39, 0.29) is 0 Å². The Morgan fingerprint density at radius 2 is 0.560 bits per heavy atom. The number of piperidine rings is 1. The van der Waals surface area contributed by atoms with Gasteiger partial charge < -0.3 is 34.4 Å². The van der Waals surface area contributed by atoms with E-state index in [0.717, 1.165) is 118 Å². The van der Waals surface area contributed by atoms with E-state index in [1.54, 1.807) is 0 Å². The van der Waals surface area contributed by atoms with Crippen LogP contribution in [-0.4, -0.2) is 184 Å². The zero-order valence-corrected chi connectivity index (χ0v) is 64.8. The average molecular weight is 1200 g/mol. The molecule has 0 spiro atoms. The van der Waals surface area contributed by atoms with Crippen LogP contribution in [0.5, 0.6) is 0 Å². The average Bonchev–Trinajstić information content (AvgIpc) is 4.42. The molecule has 9 aliphatic rings. The predicted molar refractivity (Wildman–Crippen MR) is 389 cm³/mol. The number of ether oxygens (including phenoxy) is 2. The zero-order chi connectivity index (χ0) is 66.4. The summed E-state index contributed by atoms with van der Waals surface area (Å²) in [6.07, 6.45) is 19.0. The van der Waals surface area contributed by atoms with Crippen molar-refractivity contribution in [1.82, 2.24) is 34.7 Å². The van der Waals surface area contributed by atoms with Crippen molar-refractivity contribution in [3.63, 3.8) is 0 Å². The largest absolute Gasteiger partial charge is 0.381 e. The summed E-state index contributed by atoms with van der Waals surface area (Å²) in [6, 6.07) is 4.53. The molecule has 1 N–H and O–H groups in total. The third-order valence-corrected chi connectivity index (χ3v) is 16.7. The highest BCUT2D eigenvalue weighted by atomic mass is 16.5. The smallest absolute Gasteiger partial charge is 0.0594 e. The van der Waals surface area contributed by atoms with E-state index in [2.05, 4.69) is 145 Å². The Bertz CT molecular complexity index is 1030. The van der Waals surface area contributed by atoms with Crippen molar-refractivity contribution >= 4 is 0 Å². The number of hydrogen-bond donors (Lipinski definition) is 1. The van der Waals surface area contributed by atoms with E-state index in [1.165, 1.54) is 149 Å². The molecule has 9 heteroatoms. The van der Waals surface area contributed by atoms with E-state index in [1.807, 2.05) is 111 Å². The van der Waals surface area contributed by atoms with Crippen molar-refractivity contribution in [2.45, 2.75) is 341 Å². The molecule has 2 unspecified atom stereocenters. The minimum atomic E-state index is 0.689. The molecule has 7 aliphatic heterocycles. The van der Waals surface area contributed by atoms with Crippen LogP contribution in [0.4, 0.5) is 0 Å². The minimum Gasteiger partial charge on any atom is -0.381 e. The third-order valence-electron chi connectivity index (χ3n) is 16.7. The maximum absolute atomic E-state index is 5.21. The highest BCUT2D eigenvalue weighted by Gasteiger charge is 2.36. The summed E-state index contributed by atoms with van der Waals surface area (Å²) in [5, 5.41) is 3.33. The van der Waals surface area contributed by atoms with E-state index in [0.29, 0.717) is 6.04 Å². The van der Waals surface area contributed by atoms with Gasteiger partial charge in [-0.05, 0) is 197 Å². The lowest BCUT2D eigenvalue weighted by molar-refractivity contribution is -0.0534. The van der Waals surface area contributed by atoms with Gasteiger partial charge in [0.15, 0.2) is 0 Å². The molecule has 9 fully saturated rings. The standard InChI is InChI=1S/C10H19N.C8H17N.C8H16.C7H16N2.C7H15NO.C7H15N.C6H13N.C6H12O.8C2H6/c1-8(2)11-6-9-4-3-5-10(9)7-11;1-8(2)9-6-4-3-5-7-9;1-7(2)8-5-3-4-6-8;1-7(2)9-5-3-8-4-6-9;1-7(2)8-3-5-9-6-4-8;1-7(2)8-5-3-4-6-8;1-6(2)7-4-3-5-7;1-5(2)6-3-7-4-6;8*1-2/h8-10H,3-7H2,1-2H3;8H,3-7H2,1-2H3;7-8H,3-6H2,1-2H3;7-8H,3-6H2,1-2H3;7H,3-6H2,1-2H3;7H,3-6H2,1-2H3;6H,3-5H2,1-2H3;5-6H,3-4H2,1-2H3;8*1-2H3. The van der Waals surface area contributed by atoms with Crippen molar-refractivity contribution in [3.8, 4) is 0 Å². The molecular formula is C75H171N7O2. The van der Waals surface area contributed by atoms with Gasteiger partial charge in [-0.15, -0.1) is 0 Å². The number of piperazine rings is 1. The number of rotatable bonds is 8. The number of nitrogens with one attached hydrogen (secondary N) is 1. The van der Waals surface area contributed by atoms with Crippen LogP contribution in [0.2, 0.25) is 0 Å². The SMILES string of the molecule is CC.CC.CC.CC.CC.CC.CC.CC.CC(C)C1CCCC1.CC(C)C1COC1.CC(C)N1CC2CCCC2C1.CC(C)N1CCC1.CC(C)N1CCCC1.CC(C)N1CCCCC1.CC(C)N1CCNCC1.CC(C)N1CCOCC1. The first-order chi connectivity index (χ1) is 40.4. The Balaban J connectivity index is -0.000000156. The van der Waals surface area contributed by atoms with Crippen LogP contribution in [-0.2, 0) is 9.47 Å². The van der Waals surface area contributed by atoms with E-state index in [4.69, 9.17) is 9.47 Å². The Morgan fingerprint density at radius 1 is 0.274 bits per heavy atom. The topological polar surface area (TPSA) is 49.9 Å². The quantitative estimate of drug-likeness (QED) is 0.256. The summed E-state index contributed by atoms with van der Waals surface area (Å²) in [5.41, 5.74) is 0. The normalized spacial score (nSPS) is 21.1. The predicted octanol–water partition coefficient (Wildman–Crippen LogP) is 20.0. The summed E-state index contributed by atoms with van der Waals surface area (Å²) in [4.78, 5) is 15.1. The Hall–Kier alpha value is -0.360. The lowest BCUT2D eigenvalue weighted by atomic mass is 9.95. The first kappa shape index (κ1) is 97.2. The third kappa shape index (κ3) is 53.5. The van der Waals surface area contributed by atoms with Crippen LogP contribution >= 0.6 is 0 Å². The van der Waals surface area contributed by atoms with Crippen molar-refractivity contribution in [2.75, 3.05) is 118 Å². The van der Waals surface area contributed by atoms with Gasteiger partial charge in [0.25, 0.3) is 0 Å². The Morgan fingerprint density at radius 3 is 0.762 bits per heavy atom. The summed E-state index contributed by atoms with van der Waals surface area (Å²) in [5.74, 6) is 5.83. The number of morpholine rings is 1. The molecule has 84 heavy (non-hydrogen) atoms. The molecule has 0 radical (unpaired) electrons. The molecule has 518 valence electrons. The second-order valence-electron chi connectivity index (χ2n) is 24.5. The highest BCUT2D eigenvalue weighted by molar-refractivity contribution is 4.89.